The van der Waals surface area contributed by atoms with E-state index in [4.69, 9.17) is 26.8 Å². The highest BCUT2D eigenvalue weighted by Crippen LogP contribution is 2.46. The maximum absolute atomic E-state index is 11.2. The maximum Gasteiger partial charge on any atom is 0.279 e. The maximum atomic E-state index is 11.2. The van der Waals surface area contributed by atoms with E-state index in [1.54, 1.807) is 0 Å². The highest BCUT2D eigenvalue weighted by molar-refractivity contribution is 8.14. The summed E-state index contributed by atoms with van der Waals surface area (Å²) in [7, 11) is 0. The number of hydrogen-bond acceptors (Lipinski definition) is 4. The molecule has 122 valence electrons. The standard InChI is InChI=1S/C16H22ClNO3S/c1-3-16(9-8-15(2,21-16)22-14(18)19)11-20-10-12-6-4-5-7-13(12)17/h4-7H,3,8-11H2,1-2H3,(H2,18,19). The molecule has 1 aliphatic heterocycles. The minimum absolute atomic E-state index is 0.363. The second kappa shape index (κ2) is 7.21. The van der Waals surface area contributed by atoms with Crippen LogP contribution in [0.25, 0.3) is 0 Å². The molecule has 2 rings (SSSR count). The van der Waals surface area contributed by atoms with Crippen molar-refractivity contribution in [2.45, 2.75) is 50.3 Å². The van der Waals surface area contributed by atoms with Gasteiger partial charge in [0.1, 0.15) is 4.93 Å². The van der Waals surface area contributed by atoms with Gasteiger partial charge in [-0.3, -0.25) is 4.79 Å². The highest BCUT2D eigenvalue weighted by atomic mass is 35.5. The fraction of sp³-hybridized carbons (Fsp3) is 0.562. The molecule has 2 unspecified atom stereocenters. The molecule has 1 fully saturated rings. The predicted molar refractivity (Wildman–Crippen MR) is 90.0 cm³/mol. The summed E-state index contributed by atoms with van der Waals surface area (Å²) in [6.07, 6.45) is 2.46. The zero-order valence-electron chi connectivity index (χ0n) is 12.9. The third-order valence-electron chi connectivity index (χ3n) is 4.01. The van der Waals surface area contributed by atoms with Crippen LogP contribution in [0.15, 0.2) is 24.3 Å². The quantitative estimate of drug-likeness (QED) is 0.834. The van der Waals surface area contributed by atoms with Crippen LogP contribution in [0.4, 0.5) is 4.79 Å². The number of halogens is 1. The molecule has 0 aliphatic carbocycles. The van der Waals surface area contributed by atoms with Gasteiger partial charge < -0.3 is 15.2 Å². The van der Waals surface area contributed by atoms with Crippen molar-refractivity contribution in [3.63, 3.8) is 0 Å². The van der Waals surface area contributed by atoms with Crippen LogP contribution < -0.4 is 5.73 Å². The number of primary amides is 1. The van der Waals surface area contributed by atoms with Gasteiger partial charge >= 0.3 is 0 Å². The normalized spacial score (nSPS) is 28.0. The average Bonchev–Trinajstić information content (AvgIpc) is 2.78. The number of amides is 1. The van der Waals surface area contributed by atoms with Crippen LogP contribution in [-0.2, 0) is 16.1 Å². The first kappa shape index (κ1) is 17.6. The van der Waals surface area contributed by atoms with Crippen molar-refractivity contribution in [3.8, 4) is 0 Å². The summed E-state index contributed by atoms with van der Waals surface area (Å²) in [4.78, 5) is 10.6. The monoisotopic (exact) mass is 343 g/mol. The molecule has 1 amide bonds. The molecule has 0 radical (unpaired) electrons. The molecule has 0 aromatic heterocycles. The molecule has 6 heteroatoms. The number of rotatable bonds is 6. The van der Waals surface area contributed by atoms with E-state index in [2.05, 4.69) is 6.92 Å². The molecule has 1 aliphatic rings. The van der Waals surface area contributed by atoms with E-state index < -0.39 is 10.2 Å². The van der Waals surface area contributed by atoms with E-state index in [0.717, 1.165) is 36.6 Å². The first-order chi connectivity index (χ1) is 10.4. The molecule has 0 spiro atoms. The lowest BCUT2D eigenvalue weighted by Crippen LogP contribution is -2.37. The van der Waals surface area contributed by atoms with Crippen molar-refractivity contribution in [2.24, 2.45) is 5.73 Å². The number of ether oxygens (including phenoxy) is 2. The van der Waals surface area contributed by atoms with Gasteiger partial charge in [-0.05, 0) is 49.6 Å². The summed E-state index contributed by atoms with van der Waals surface area (Å²) in [5.74, 6) is 0. The van der Waals surface area contributed by atoms with Gasteiger partial charge in [0.15, 0.2) is 0 Å². The van der Waals surface area contributed by atoms with Crippen LogP contribution in [0.1, 0.15) is 38.7 Å². The van der Waals surface area contributed by atoms with Gasteiger partial charge in [-0.15, -0.1) is 0 Å². The van der Waals surface area contributed by atoms with Crippen LogP contribution in [0.2, 0.25) is 5.02 Å². The number of nitrogens with two attached hydrogens (primary N) is 1. The Bertz CT molecular complexity index is 542. The zero-order valence-corrected chi connectivity index (χ0v) is 14.5. The number of carbonyl (C=O) groups excluding carboxylic acids is 1. The van der Waals surface area contributed by atoms with E-state index in [1.807, 2.05) is 31.2 Å². The number of carbonyl (C=O) groups is 1. The number of thioether (sulfide) groups is 1. The highest BCUT2D eigenvalue weighted by Gasteiger charge is 2.47. The molecule has 2 N–H and O–H groups in total. The van der Waals surface area contributed by atoms with E-state index in [0.29, 0.717) is 18.2 Å². The Balaban J connectivity index is 1.93. The van der Waals surface area contributed by atoms with Gasteiger partial charge in [-0.1, -0.05) is 36.7 Å². The summed E-state index contributed by atoms with van der Waals surface area (Å²) in [6, 6.07) is 7.63. The first-order valence-corrected chi connectivity index (χ1v) is 8.57. The summed E-state index contributed by atoms with van der Waals surface area (Å²) >= 11 is 7.18. The van der Waals surface area contributed by atoms with E-state index in [1.165, 1.54) is 0 Å². The smallest absolute Gasteiger partial charge is 0.279 e. The van der Waals surface area contributed by atoms with Gasteiger partial charge in [0.2, 0.25) is 0 Å². The third kappa shape index (κ3) is 4.38. The van der Waals surface area contributed by atoms with Crippen LogP contribution in [-0.4, -0.2) is 22.4 Å². The Morgan fingerprint density at radius 1 is 1.45 bits per heavy atom. The lowest BCUT2D eigenvalue weighted by atomic mass is 9.98. The van der Waals surface area contributed by atoms with E-state index >= 15 is 0 Å². The van der Waals surface area contributed by atoms with E-state index in [-0.39, 0.29) is 5.60 Å². The largest absolute Gasteiger partial charge is 0.374 e. The van der Waals surface area contributed by atoms with Crippen molar-refractivity contribution >= 4 is 28.6 Å². The Morgan fingerprint density at radius 2 is 2.18 bits per heavy atom. The lowest BCUT2D eigenvalue weighted by Gasteiger charge is -2.31. The second-order valence-corrected chi connectivity index (χ2v) is 7.66. The molecule has 0 bridgehead atoms. The molecule has 0 saturated carbocycles. The van der Waals surface area contributed by atoms with Crippen LogP contribution >= 0.6 is 23.4 Å². The molecule has 1 saturated heterocycles. The van der Waals surface area contributed by atoms with Crippen LogP contribution in [0.3, 0.4) is 0 Å². The minimum Gasteiger partial charge on any atom is -0.374 e. The minimum atomic E-state index is -0.560. The van der Waals surface area contributed by atoms with Gasteiger partial charge in [-0.2, -0.15) is 0 Å². The summed E-state index contributed by atoms with van der Waals surface area (Å²) in [6.45, 7) is 4.90. The van der Waals surface area contributed by atoms with Gasteiger partial charge in [0.25, 0.3) is 5.24 Å². The Labute approximate surface area is 140 Å². The van der Waals surface area contributed by atoms with Crippen molar-refractivity contribution in [1.29, 1.82) is 0 Å². The fourth-order valence-corrected chi connectivity index (χ4v) is 3.75. The SMILES string of the molecule is CCC1(COCc2ccccc2Cl)CCC(C)(SC(N)=O)O1. The molecule has 22 heavy (non-hydrogen) atoms. The topological polar surface area (TPSA) is 61.5 Å². The molecule has 1 aromatic rings. The fourth-order valence-electron chi connectivity index (χ4n) is 2.71. The molecular formula is C16H22ClNO3S. The Hall–Kier alpha value is -0.750. The van der Waals surface area contributed by atoms with Crippen molar-refractivity contribution in [2.75, 3.05) is 6.61 Å². The number of hydrogen-bond donors (Lipinski definition) is 1. The van der Waals surface area contributed by atoms with Crippen LogP contribution in [0, 0.1) is 0 Å². The van der Waals surface area contributed by atoms with Gasteiger partial charge in [-0.25, -0.2) is 0 Å². The summed E-state index contributed by atoms with van der Waals surface area (Å²) in [5.41, 5.74) is 5.88. The van der Waals surface area contributed by atoms with Crippen molar-refractivity contribution < 1.29 is 14.3 Å². The molecular weight excluding hydrogens is 322 g/mol. The molecule has 1 heterocycles. The van der Waals surface area contributed by atoms with Gasteiger partial charge in [0, 0.05) is 5.02 Å². The lowest BCUT2D eigenvalue weighted by molar-refractivity contribution is -0.102. The second-order valence-electron chi connectivity index (χ2n) is 5.78. The zero-order chi connectivity index (χ0) is 16.2. The first-order valence-electron chi connectivity index (χ1n) is 7.38. The summed E-state index contributed by atoms with van der Waals surface area (Å²) < 4.78 is 12.0. The van der Waals surface area contributed by atoms with E-state index in [9.17, 15) is 4.79 Å². The Kier molecular flexibility index (Phi) is 5.77. The average molecular weight is 344 g/mol. The van der Waals surface area contributed by atoms with Crippen LogP contribution in [0.5, 0.6) is 0 Å². The summed E-state index contributed by atoms with van der Waals surface area (Å²) in [5, 5.41) is 0.292. The van der Waals surface area contributed by atoms with Gasteiger partial charge in [0.05, 0.1) is 18.8 Å². The van der Waals surface area contributed by atoms with Crippen molar-refractivity contribution in [3.05, 3.63) is 34.9 Å². The molecule has 2 atom stereocenters. The Morgan fingerprint density at radius 3 is 2.82 bits per heavy atom. The molecule has 1 aromatic carbocycles. The van der Waals surface area contributed by atoms with Crippen molar-refractivity contribution in [1.82, 2.24) is 0 Å². The number of benzene rings is 1. The predicted octanol–water partition coefficient (Wildman–Crippen LogP) is 4.34. The molecule has 4 nitrogen and oxygen atoms in total. The third-order valence-corrected chi connectivity index (χ3v) is 5.30.